The molecule has 26 heavy (non-hydrogen) atoms. The summed E-state index contributed by atoms with van der Waals surface area (Å²) in [7, 11) is 0. The summed E-state index contributed by atoms with van der Waals surface area (Å²) >= 11 is 1.29. The van der Waals surface area contributed by atoms with Crippen molar-refractivity contribution in [1.29, 1.82) is 0 Å². The highest BCUT2D eigenvalue weighted by molar-refractivity contribution is 7.99. The van der Waals surface area contributed by atoms with Crippen molar-refractivity contribution in [3.8, 4) is 0 Å². The Hall–Kier alpha value is -3.07. The molecule has 2 aromatic heterocycles. The molecule has 3 aromatic rings. The fraction of sp³-hybridized carbons (Fsp3) is 0.176. The van der Waals surface area contributed by atoms with Crippen LogP contribution in [0.5, 0.6) is 0 Å². The standard InChI is InChI=1S/C17H17N5O3S/c1-12(23)19-13-4-6-14(7-5-13)20-16(24)10-26-17-21-18-11-22(17)9-15-3-2-8-25-15/h2-8,11H,9-10H2,1H3,(H,19,23)(H,20,24). The molecule has 0 unspecified atom stereocenters. The molecule has 0 saturated heterocycles. The van der Waals surface area contributed by atoms with Gasteiger partial charge in [-0.15, -0.1) is 10.2 Å². The van der Waals surface area contributed by atoms with Gasteiger partial charge >= 0.3 is 0 Å². The fourth-order valence-corrected chi connectivity index (χ4v) is 2.92. The zero-order valence-corrected chi connectivity index (χ0v) is 14.8. The van der Waals surface area contributed by atoms with E-state index in [1.54, 1.807) is 36.9 Å². The zero-order valence-electron chi connectivity index (χ0n) is 14.0. The van der Waals surface area contributed by atoms with Crippen LogP contribution in [-0.2, 0) is 16.1 Å². The van der Waals surface area contributed by atoms with Crippen molar-refractivity contribution in [2.45, 2.75) is 18.6 Å². The number of carbonyl (C=O) groups is 2. The van der Waals surface area contributed by atoms with Crippen LogP contribution >= 0.6 is 11.8 Å². The van der Waals surface area contributed by atoms with Crippen LogP contribution in [0.4, 0.5) is 11.4 Å². The maximum atomic E-state index is 12.1. The molecule has 0 radical (unpaired) electrons. The van der Waals surface area contributed by atoms with E-state index in [4.69, 9.17) is 4.42 Å². The van der Waals surface area contributed by atoms with Gasteiger partial charge in [0.2, 0.25) is 11.8 Å². The molecule has 134 valence electrons. The molecule has 0 aliphatic heterocycles. The number of thioether (sulfide) groups is 1. The lowest BCUT2D eigenvalue weighted by molar-refractivity contribution is -0.114. The Kier molecular flexibility index (Phi) is 5.69. The van der Waals surface area contributed by atoms with Crippen LogP contribution in [0.3, 0.4) is 0 Å². The number of furan rings is 1. The molecule has 0 spiro atoms. The maximum Gasteiger partial charge on any atom is 0.234 e. The number of nitrogens with one attached hydrogen (secondary N) is 2. The summed E-state index contributed by atoms with van der Waals surface area (Å²) < 4.78 is 7.13. The molecule has 2 heterocycles. The number of benzene rings is 1. The quantitative estimate of drug-likeness (QED) is 0.619. The van der Waals surface area contributed by atoms with Gasteiger partial charge in [-0.25, -0.2) is 0 Å². The Morgan fingerprint density at radius 3 is 2.54 bits per heavy atom. The number of hydrogen-bond donors (Lipinski definition) is 2. The summed E-state index contributed by atoms with van der Waals surface area (Å²) in [6.45, 7) is 1.95. The molecule has 0 bridgehead atoms. The molecule has 0 atom stereocenters. The van der Waals surface area contributed by atoms with Crippen molar-refractivity contribution in [1.82, 2.24) is 14.8 Å². The maximum absolute atomic E-state index is 12.1. The summed E-state index contributed by atoms with van der Waals surface area (Å²) in [5.41, 5.74) is 1.33. The molecule has 2 amide bonds. The predicted molar refractivity (Wildman–Crippen MR) is 97.9 cm³/mol. The number of amides is 2. The number of rotatable bonds is 7. The van der Waals surface area contributed by atoms with E-state index < -0.39 is 0 Å². The molecule has 2 N–H and O–H groups in total. The van der Waals surface area contributed by atoms with Crippen molar-refractivity contribution in [3.05, 3.63) is 54.7 Å². The third-order valence-corrected chi connectivity index (χ3v) is 4.29. The van der Waals surface area contributed by atoms with E-state index in [0.717, 1.165) is 5.76 Å². The van der Waals surface area contributed by atoms with Crippen molar-refractivity contribution in [2.24, 2.45) is 0 Å². The predicted octanol–water partition coefficient (Wildman–Crippen LogP) is 2.61. The third-order valence-electron chi connectivity index (χ3n) is 3.31. The summed E-state index contributed by atoms with van der Waals surface area (Å²) in [6.07, 6.45) is 3.21. The number of carbonyl (C=O) groups excluding carboxylic acids is 2. The van der Waals surface area contributed by atoms with Gasteiger partial charge in [-0.1, -0.05) is 11.8 Å². The number of nitrogens with zero attached hydrogens (tertiary/aromatic N) is 3. The molecule has 0 fully saturated rings. The van der Waals surface area contributed by atoms with Crippen molar-refractivity contribution < 1.29 is 14.0 Å². The molecule has 8 nitrogen and oxygen atoms in total. The topological polar surface area (TPSA) is 102 Å². The molecule has 0 aliphatic rings. The van der Waals surface area contributed by atoms with Gasteiger partial charge in [0, 0.05) is 18.3 Å². The molecule has 0 saturated carbocycles. The Bertz CT molecular complexity index is 874. The average Bonchev–Trinajstić information content (AvgIpc) is 3.27. The second kappa shape index (κ2) is 8.34. The fourth-order valence-electron chi connectivity index (χ4n) is 2.20. The average molecular weight is 371 g/mol. The highest BCUT2D eigenvalue weighted by Gasteiger charge is 2.10. The molecule has 0 aliphatic carbocycles. The first kappa shape index (κ1) is 17.7. The summed E-state index contributed by atoms with van der Waals surface area (Å²) in [4.78, 5) is 23.1. The summed E-state index contributed by atoms with van der Waals surface area (Å²) in [5, 5.41) is 14.0. The molecule has 3 rings (SSSR count). The smallest absolute Gasteiger partial charge is 0.234 e. The van der Waals surface area contributed by atoms with E-state index in [9.17, 15) is 9.59 Å². The number of hydrogen-bond acceptors (Lipinski definition) is 6. The van der Waals surface area contributed by atoms with Crippen molar-refractivity contribution >= 4 is 35.0 Å². The lowest BCUT2D eigenvalue weighted by atomic mass is 10.3. The normalized spacial score (nSPS) is 10.5. The van der Waals surface area contributed by atoms with Gasteiger partial charge in [-0.05, 0) is 36.4 Å². The van der Waals surface area contributed by atoms with Gasteiger partial charge in [0.1, 0.15) is 12.1 Å². The Labute approximate surface area is 154 Å². The first-order valence-corrected chi connectivity index (χ1v) is 8.79. The van der Waals surface area contributed by atoms with Crippen LogP contribution < -0.4 is 10.6 Å². The number of anilines is 2. The number of aromatic nitrogens is 3. The molecular formula is C17H17N5O3S. The van der Waals surface area contributed by atoms with Crippen LogP contribution in [0.2, 0.25) is 0 Å². The highest BCUT2D eigenvalue weighted by Crippen LogP contribution is 2.18. The monoisotopic (exact) mass is 371 g/mol. The molecule has 1 aromatic carbocycles. The zero-order chi connectivity index (χ0) is 18.4. The molecule has 9 heteroatoms. The van der Waals surface area contributed by atoms with Gasteiger partial charge in [-0.2, -0.15) is 0 Å². The van der Waals surface area contributed by atoms with Crippen LogP contribution in [0.15, 0.2) is 58.6 Å². The van der Waals surface area contributed by atoms with Gasteiger partial charge in [0.25, 0.3) is 0 Å². The minimum atomic E-state index is -0.158. The van der Waals surface area contributed by atoms with Crippen LogP contribution in [0.1, 0.15) is 12.7 Å². The Balaban J connectivity index is 1.51. The highest BCUT2D eigenvalue weighted by atomic mass is 32.2. The first-order valence-electron chi connectivity index (χ1n) is 7.80. The van der Waals surface area contributed by atoms with Gasteiger partial charge in [-0.3, -0.25) is 9.59 Å². The van der Waals surface area contributed by atoms with E-state index in [2.05, 4.69) is 20.8 Å². The first-order chi connectivity index (χ1) is 12.6. The van der Waals surface area contributed by atoms with Crippen LogP contribution in [-0.4, -0.2) is 32.3 Å². The largest absolute Gasteiger partial charge is 0.467 e. The van der Waals surface area contributed by atoms with Crippen molar-refractivity contribution in [3.63, 3.8) is 0 Å². The van der Waals surface area contributed by atoms with E-state index in [1.807, 2.05) is 16.7 Å². The van der Waals surface area contributed by atoms with Gasteiger partial charge in [0.05, 0.1) is 18.6 Å². The van der Waals surface area contributed by atoms with Gasteiger partial charge in [0.15, 0.2) is 5.16 Å². The minimum Gasteiger partial charge on any atom is -0.467 e. The Morgan fingerprint density at radius 1 is 1.15 bits per heavy atom. The second-order valence-corrected chi connectivity index (χ2v) is 6.36. The lowest BCUT2D eigenvalue weighted by Gasteiger charge is -2.07. The van der Waals surface area contributed by atoms with Gasteiger partial charge < -0.3 is 19.6 Å². The van der Waals surface area contributed by atoms with E-state index in [1.165, 1.54) is 18.7 Å². The van der Waals surface area contributed by atoms with E-state index in [0.29, 0.717) is 23.1 Å². The summed E-state index contributed by atoms with van der Waals surface area (Å²) in [6, 6.07) is 10.6. The third kappa shape index (κ3) is 4.96. The lowest BCUT2D eigenvalue weighted by Crippen LogP contribution is -2.14. The SMILES string of the molecule is CC(=O)Nc1ccc(NC(=O)CSc2nncn2Cc2ccco2)cc1. The Morgan fingerprint density at radius 2 is 1.88 bits per heavy atom. The second-order valence-electron chi connectivity index (χ2n) is 5.42. The summed E-state index contributed by atoms with van der Waals surface area (Å²) in [5.74, 6) is 0.687. The minimum absolute atomic E-state index is 0.142. The van der Waals surface area contributed by atoms with Crippen LogP contribution in [0, 0.1) is 0 Å². The van der Waals surface area contributed by atoms with E-state index >= 15 is 0 Å². The van der Waals surface area contributed by atoms with Crippen LogP contribution in [0.25, 0.3) is 0 Å². The van der Waals surface area contributed by atoms with Crippen molar-refractivity contribution in [2.75, 3.05) is 16.4 Å². The molecular weight excluding hydrogens is 354 g/mol. The van der Waals surface area contributed by atoms with E-state index in [-0.39, 0.29) is 17.6 Å².